The fraction of sp³-hybridized carbons (Fsp3) is 0.516. The number of aliphatic hydroxyl groups is 1. The zero-order valence-corrected chi connectivity index (χ0v) is 23.5. The highest BCUT2D eigenvalue weighted by molar-refractivity contribution is 6.02. The first-order valence-electron chi connectivity index (χ1n) is 14.2. The third kappa shape index (κ3) is 7.18. The van der Waals surface area contributed by atoms with E-state index >= 15 is 0 Å². The van der Waals surface area contributed by atoms with Gasteiger partial charge in [-0.1, -0.05) is 32.4 Å². The number of allylic oxidation sites excluding steroid dienone is 3. The van der Waals surface area contributed by atoms with Crippen molar-refractivity contribution >= 4 is 17.5 Å². The Morgan fingerprint density at radius 2 is 2.05 bits per heavy atom. The normalized spacial score (nSPS) is 21.1. The number of amides is 1. The molecule has 8 heteroatoms. The largest absolute Gasteiger partial charge is 0.496 e. The molecule has 0 aromatic heterocycles. The van der Waals surface area contributed by atoms with Gasteiger partial charge in [0.2, 0.25) is 0 Å². The Morgan fingerprint density at radius 1 is 1.28 bits per heavy atom. The average Bonchev–Trinajstić information content (AvgIpc) is 3.40. The number of carbonyl (C=O) groups excluding carboxylic acids is 2. The molecule has 2 unspecified atom stereocenters. The van der Waals surface area contributed by atoms with Crippen LogP contribution in [0.3, 0.4) is 0 Å². The van der Waals surface area contributed by atoms with Gasteiger partial charge in [0, 0.05) is 49.1 Å². The van der Waals surface area contributed by atoms with Gasteiger partial charge in [0.1, 0.15) is 23.2 Å². The number of likely N-dealkylation sites (tertiary alicyclic amines) is 1. The molecule has 1 aromatic rings. The van der Waals surface area contributed by atoms with Crippen molar-refractivity contribution in [2.45, 2.75) is 77.5 Å². The number of Topliss-reactive ketones (excluding diaryl/α,β-unsaturated/α-hetero) is 1. The van der Waals surface area contributed by atoms with Gasteiger partial charge < -0.3 is 25.4 Å². The molecule has 2 aliphatic heterocycles. The first-order valence-corrected chi connectivity index (χ1v) is 14.2. The van der Waals surface area contributed by atoms with Crippen LogP contribution in [0.15, 0.2) is 58.9 Å². The Balaban J connectivity index is 1.57. The van der Waals surface area contributed by atoms with Gasteiger partial charge in [0.25, 0.3) is 5.91 Å². The van der Waals surface area contributed by atoms with Crippen molar-refractivity contribution in [1.82, 2.24) is 15.5 Å². The number of aliphatic imine (C=N–C) groups is 1. The van der Waals surface area contributed by atoms with E-state index in [4.69, 9.17) is 9.73 Å². The SMILES string of the molecule is C=C1C=C(NCc2ccc(C(=O)NCC(C)O)cc2OC)N=C2C(=C1)CC(CC)C(=O)CCN2C1CCCC1. The molecule has 2 fully saturated rings. The lowest BCUT2D eigenvalue weighted by Gasteiger charge is -2.36. The Bertz CT molecular complexity index is 1180. The highest BCUT2D eigenvalue weighted by atomic mass is 16.5. The molecule has 0 radical (unpaired) electrons. The third-order valence-electron chi connectivity index (χ3n) is 7.81. The molecule has 1 aliphatic carbocycles. The first kappa shape index (κ1) is 28.6. The number of benzene rings is 1. The topological polar surface area (TPSA) is 103 Å². The van der Waals surface area contributed by atoms with Crippen LogP contribution in [0.2, 0.25) is 0 Å². The molecule has 3 N–H and O–H groups in total. The summed E-state index contributed by atoms with van der Waals surface area (Å²) in [5.41, 5.74) is 3.28. The third-order valence-corrected chi connectivity index (χ3v) is 7.81. The van der Waals surface area contributed by atoms with E-state index < -0.39 is 6.10 Å². The molecule has 39 heavy (non-hydrogen) atoms. The summed E-state index contributed by atoms with van der Waals surface area (Å²) >= 11 is 0. The van der Waals surface area contributed by atoms with Crippen LogP contribution in [0.1, 0.15) is 74.7 Å². The molecule has 0 spiro atoms. The molecule has 2 atom stereocenters. The lowest BCUT2D eigenvalue weighted by Crippen LogP contribution is -2.43. The Kier molecular flexibility index (Phi) is 9.62. The van der Waals surface area contributed by atoms with Crippen LogP contribution in [0, 0.1) is 5.92 Å². The molecule has 1 saturated carbocycles. The molecule has 210 valence electrons. The number of aliphatic hydroxyl groups excluding tert-OH is 1. The van der Waals surface area contributed by atoms with Gasteiger partial charge in [0.05, 0.1) is 13.2 Å². The highest BCUT2D eigenvalue weighted by Crippen LogP contribution is 2.32. The van der Waals surface area contributed by atoms with Crippen LogP contribution in [-0.4, -0.2) is 59.9 Å². The maximum Gasteiger partial charge on any atom is 0.251 e. The minimum atomic E-state index is -0.616. The van der Waals surface area contributed by atoms with E-state index in [2.05, 4.69) is 35.1 Å². The molecule has 1 amide bonds. The lowest BCUT2D eigenvalue weighted by atomic mass is 9.87. The van der Waals surface area contributed by atoms with Gasteiger partial charge in [-0.25, -0.2) is 4.99 Å². The van der Waals surface area contributed by atoms with Crippen molar-refractivity contribution in [2.75, 3.05) is 20.2 Å². The Hall–Kier alpha value is -3.39. The van der Waals surface area contributed by atoms with Gasteiger partial charge in [-0.05, 0) is 68.0 Å². The second kappa shape index (κ2) is 13.1. The maximum atomic E-state index is 12.9. The smallest absolute Gasteiger partial charge is 0.251 e. The van der Waals surface area contributed by atoms with Crippen LogP contribution < -0.4 is 15.4 Å². The van der Waals surface area contributed by atoms with Crippen molar-refractivity contribution in [2.24, 2.45) is 10.9 Å². The molecule has 8 nitrogen and oxygen atoms in total. The van der Waals surface area contributed by atoms with Crippen LogP contribution in [0.5, 0.6) is 5.75 Å². The number of ketones is 1. The second-order valence-electron chi connectivity index (χ2n) is 10.8. The minimum absolute atomic E-state index is 0.00931. The van der Waals surface area contributed by atoms with Crippen LogP contribution in [-0.2, 0) is 11.3 Å². The van der Waals surface area contributed by atoms with Gasteiger partial charge in [0.15, 0.2) is 0 Å². The van der Waals surface area contributed by atoms with E-state index in [9.17, 15) is 14.7 Å². The minimum Gasteiger partial charge on any atom is -0.496 e. The molecule has 3 aliphatic rings. The fourth-order valence-corrected chi connectivity index (χ4v) is 5.64. The van der Waals surface area contributed by atoms with E-state index in [0.29, 0.717) is 54.9 Å². The van der Waals surface area contributed by atoms with Gasteiger partial charge in [-0.2, -0.15) is 0 Å². The zero-order valence-electron chi connectivity index (χ0n) is 23.5. The van der Waals surface area contributed by atoms with Crippen LogP contribution in [0.25, 0.3) is 0 Å². The van der Waals surface area contributed by atoms with E-state index in [-0.39, 0.29) is 18.4 Å². The predicted octanol–water partition coefficient (Wildman–Crippen LogP) is 4.27. The average molecular weight is 535 g/mol. The summed E-state index contributed by atoms with van der Waals surface area (Å²) in [5, 5.41) is 15.6. The summed E-state index contributed by atoms with van der Waals surface area (Å²) in [4.78, 5) is 32.9. The molecule has 4 rings (SSSR count). The molecule has 2 heterocycles. The van der Waals surface area contributed by atoms with Gasteiger partial charge >= 0.3 is 0 Å². The zero-order chi connectivity index (χ0) is 27.9. The van der Waals surface area contributed by atoms with E-state index in [1.54, 1.807) is 26.2 Å². The number of rotatable bonds is 9. The molecular formula is C31H42N4O4. The quantitative estimate of drug-likeness (QED) is 0.437. The Morgan fingerprint density at radius 3 is 2.74 bits per heavy atom. The standard InChI is InChI=1S/C31H42N4O4/c1-5-22-16-25-14-20(2)15-29(34-30(25)35(13-12-27(22)37)26-8-6-7-9-26)32-19-24-11-10-23(17-28(24)39-4)31(38)33-18-21(3)36/h10-11,14-15,17,21-22,26,32,36H,2,5-9,12-13,16,18-19H2,1,3-4H3,(H,33,38). The molecular weight excluding hydrogens is 492 g/mol. The van der Waals surface area contributed by atoms with E-state index in [1.165, 1.54) is 12.8 Å². The predicted molar refractivity (Wildman–Crippen MR) is 154 cm³/mol. The number of amidine groups is 1. The van der Waals surface area contributed by atoms with Crippen molar-refractivity contribution < 1.29 is 19.4 Å². The molecule has 0 bridgehead atoms. The molecule has 1 aromatic carbocycles. The maximum absolute atomic E-state index is 12.9. The summed E-state index contributed by atoms with van der Waals surface area (Å²) in [6.07, 6.45) is 10.2. The highest BCUT2D eigenvalue weighted by Gasteiger charge is 2.33. The van der Waals surface area contributed by atoms with Crippen LogP contribution >= 0.6 is 0 Å². The van der Waals surface area contributed by atoms with Gasteiger partial charge in [-0.3, -0.25) is 9.59 Å². The molecule has 1 saturated heterocycles. The number of ether oxygens (including phenoxy) is 1. The van der Waals surface area contributed by atoms with Crippen LogP contribution in [0.4, 0.5) is 0 Å². The van der Waals surface area contributed by atoms with Crippen molar-refractivity contribution in [3.05, 3.63) is 65.0 Å². The number of nitrogens with one attached hydrogen (secondary N) is 2. The van der Waals surface area contributed by atoms with Crippen molar-refractivity contribution in [3.63, 3.8) is 0 Å². The lowest BCUT2D eigenvalue weighted by molar-refractivity contribution is -0.123. The summed E-state index contributed by atoms with van der Waals surface area (Å²) in [6, 6.07) is 5.73. The first-order chi connectivity index (χ1) is 18.8. The summed E-state index contributed by atoms with van der Waals surface area (Å²) in [7, 11) is 1.58. The van der Waals surface area contributed by atoms with E-state index in [0.717, 1.165) is 41.8 Å². The van der Waals surface area contributed by atoms with Crippen molar-refractivity contribution in [3.8, 4) is 5.75 Å². The number of hydrogen-bond donors (Lipinski definition) is 3. The number of methoxy groups -OCH3 is 1. The van der Waals surface area contributed by atoms with Crippen molar-refractivity contribution in [1.29, 1.82) is 0 Å². The Labute approximate surface area is 231 Å². The van der Waals surface area contributed by atoms with Gasteiger partial charge in [-0.15, -0.1) is 0 Å². The summed E-state index contributed by atoms with van der Waals surface area (Å²) < 4.78 is 5.59. The van der Waals surface area contributed by atoms with E-state index in [1.807, 2.05) is 12.1 Å². The number of carbonyl (C=O) groups is 2. The number of fused-ring (bicyclic) bond motifs is 1. The summed E-state index contributed by atoms with van der Waals surface area (Å²) in [6.45, 7) is 9.29. The monoisotopic (exact) mass is 534 g/mol. The number of nitrogens with zero attached hydrogens (tertiary/aromatic N) is 2. The fourth-order valence-electron chi connectivity index (χ4n) is 5.64. The number of hydrogen-bond acceptors (Lipinski definition) is 7. The second-order valence-corrected chi connectivity index (χ2v) is 10.8. The summed E-state index contributed by atoms with van der Waals surface area (Å²) in [5.74, 6) is 2.36.